The topological polar surface area (TPSA) is 58.9 Å². The number of hydrogen-bond acceptors (Lipinski definition) is 4. The SMILES string of the molecule is Cc1c(O)ccc2c1C=CC1(C)C3CCC21OOC(C)(C)C(C)C(O)C3C. The van der Waals surface area contributed by atoms with Crippen LogP contribution in [0, 0.1) is 30.1 Å². The van der Waals surface area contributed by atoms with Crippen LogP contribution in [-0.2, 0) is 15.4 Å². The number of aromatic hydroxyl groups is 1. The van der Waals surface area contributed by atoms with Crippen LogP contribution in [-0.4, -0.2) is 21.9 Å². The Morgan fingerprint density at radius 3 is 2.52 bits per heavy atom. The van der Waals surface area contributed by atoms with E-state index < -0.39 is 17.3 Å². The maximum absolute atomic E-state index is 11.1. The first kappa shape index (κ1) is 19.0. The molecule has 1 saturated carbocycles. The Morgan fingerprint density at radius 2 is 1.81 bits per heavy atom. The molecule has 4 rings (SSSR count). The molecule has 2 fully saturated rings. The average Bonchev–Trinajstić information content (AvgIpc) is 2.94. The van der Waals surface area contributed by atoms with Crippen LogP contribution in [0.1, 0.15) is 64.2 Å². The van der Waals surface area contributed by atoms with Gasteiger partial charge in [0.2, 0.25) is 0 Å². The van der Waals surface area contributed by atoms with Gasteiger partial charge in [-0.25, -0.2) is 9.78 Å². The first-order valence-electron chi connectivity index (χ1n) is 10.1. The predicted molar refractivity (Wildman–Crippen MR) is 105 cm³/mol. The zero-order valence-corrected chi connectivity index (χ0v) is 17.2. The summed E-state index contributed by atoms with van der Waals surface area (Å²) in [5, 5.41) is 21.3. The summed E-state index contributed by atoms with van der Waals surface area (Å²) in [5.41, 5.74) is 1.46. The molecular weight excluding hydrogens is 340 g/mol. The lowest BCUT2D eigenvalue weighted by Gasteiger charge is -2.48. The zero-order valence-electron chi connectivity index (χ0n) is 17.2. The second-order valence-corrected chi connectivity index (χ2v) is 9.67. The molecule has 148 valence electrons. The van der Waals surface area contributed by atoms with Crippen LogP contribution in [0.5, 0.6) is 5.75 Å². The molecule has 2 aliphatic carbocycles. The van der Waals surface area contributed by atoms with E-state index in [9.17, 15) is 10.2 Å². The van der Waals surface area contributed by atoms with Crippen LogP contribution in [0.2, 0.25) is 0 Å². The van der Waals surface area contributed by atoms with Crippen molar-refractivity contribution in [3.63, 3.8) is 0 Å². The Morgan fingerprint density at radius 1 is 1.11 bits per heavy atom. The monoisotopic (exact) mass is 372 g/mol. The van der Waals surface area contributed by atoms with Gasteiger partial charge >= 0.3 is 0 Å². The Balaban J connectivity index is 1.94. The fourth-order valence-electron chi connectivity index (χ4n) is 5.80. The number of fused-ring (bicyclic) bond motifs is 1. The van der Waals surface area contributed by atoms with Crippen LogP contribution in [0.4, 0.5) is 0 Å². The third kappa shape index (κ3) is 2.33. The second kappa shape index (κ2) is 5.82. The van der Waals surface area contributed by atoms with Gasteiger partial charge in [-0.3, -0.25) is 0 Å². The number of hydrogen-bond donors (Lipinski definition) is 2. The molecule has 3 aliphatic rings. The van der Waals surface area contributed by atoms with Crippen molar-refractivity contribution in [1.29, 1.82) is 0 Å². The van der Waals surface area contributed by atoms with Crippen molar-refractivity contribution in [3.8, 4) is 5.75 Å². The Bertz CT molecular complexity index is 798. The normalized spacial score (nSPS) is 42.6. The number of phenols is 1. The van der Waals surface area contributed by atoms with Crippen LogP contribution < -0.4 is 0 Å². The highest BCUT2D eigenvalue weighted by atomic mass is 17.2. The minimum absolute atomic E-state index is 0.0566. The molecule has 1 aliphatic heterocycles. The van der Waals surface area contributed by atoms with Gasteiger partial charge in [0.25, 0.3) is 0 Å². The van der Waals surface area contributed by atoms with Crippen molar-refractivity contribution >= 4 is 6.08 Å². The van der Waals surface area contributed by atoms with Crippen LogP contribution in [0.25, 0.3) is 6.08 Å². The van der Waals surface area contributed by atoms with Crippen molar-refractivity contribution in [1.82, 2.24) is 0 Å². The maximum Gasteiger partial charge on any atom is 0.138 e. The molecule has 1 aromatic carbocycles. The van der Waals surface area contributed by atoms with Gasteiger partial charge in [0, 0.05) is 11.3 Å². The molecular formula is C23H32O4. The summed E-state index contributed by atoms with van der Waals surface area (Å²) >= 11 is 0. The smallest absolute Gasteiger partial charge is 0.138 e. The summed E-state index contributed by atoms with van der Waals surface area (Å²) in [6.45, 7) is 12.4. The van der Waals surface area contributed by atoms with E-state index in [1.807, 2.05) is 33.8 Å². The molecule has 4 heteroatoms. The lowest BCUT2D eigenvalue weighted by atomic mass is 9.60. The first-order chi connectivity index (χ1) is 12.5. The molecule has 0 aromatic heterocycles. The second-order valence-electron chi connectivity index (χ2n) is 9.67. The van der Waals surface area contributed by atoms with Gasteiger partial charge in [0.15, 0.2) is 0 Å². The van der Waals surface area contributed by atoms with E-state index in [1.165, 1.54) is 0 Å². The fraction of sp³-hybridized carbons (Fsp3) is 0.652. The Hall–Kier alpha value is -1.36. The van der Waals surface area contributed by atoms with Crippen LogP contribution >= 0.6 is 0 Å². The van der Waals surface area contributed by atoms with Gasteiger partial charge in [-0.05, 0) is 68.2 Å². The van der Waals surface area contributed by atoms with Crippen molar-refractivity contribution in [2.75, 3.05) is 0 Å². The molecule has 1 heterocycles. The average molecular weight is 373 g/mol. The largest absolute Gasteiger partial charge is 0.508 e. The molecule has 27 heavy (non-hydrogen) atoms. The molecule has 2 bridgehead atoms. The number of phenolic OH excluding ortho intramolecular Hbond substituents is 1. The maximum atomic E-state index is 11.1. The van der Waals surface area contributed by atoms with E-state index >= 15 is 0 Å². The Kier molecular flexibility index (Phi) is 4.09. The lowest BCUT2D eigenvalue weighted by molar-refractivity contribution is -0.433. The van der Waals surface area contributed by atoms with Crippen molar-refractivity contribution in [2.45, 2.75) is 71.7 Å². The molecule has 0 spiro atoms. The summed E-state index contributed by atoms with van der Waals surface area (Å²) in [7, 11) is 0. The van der Waals surface area contributed by atoms with Crippen LogP contribution in [0.15, 0.2) is 18.2 Å². The highest BCUT2D eigenvalue weighted by Crippen LogP contribution is 2.65. The molecule has 6 unspecified atom stereocenters. The first-order valence-corrected chi connectivity index (χ1v) is 10.1. The van der Waals surface area contributed by atoms with E-state index in [2.05, 4.69) is 26.0 Å². The molecule has 4 nitrogen and oxygen atoms in total. The molecule has 2 N–H and O–H groups in total. The quantitative estimate of drug-likeness (QED) is 0.648. The molecule has 0 radical (unpaired) electrons. The number of rotatable bonds is 0. The summed E-state index contributed by atoms with van der Waals surface area (Å²) in [6, 6.07) is 3.75. The zero-order chi connectivity index (χ0) is 19.8. The van der Waals surface area contributed by atoms with E-state index in [1.54, 1.807) is 6.07 Å². The van der Waals surface area contributed by atoms with E-state index in [0.29, 0.717) is 5.75 Å². The molecule has 6 atom stereocenters. The fourth-order valence-corrected chi connectivity index (χ4v) is 5.80. The Labute approximate surface area is 162 Å². The van der Waals surface area contributed by atoms with E-state index in [0.717, 1.165) is 29.5 Å². The molecule has 1 saturated heterocycles. The van der Waals surface area contributed by atoms with Gasteiger partial charge < -0.3 is 10.2 Å². The van der Waals surface area contributed by atoms with Crippen molar-refractivity contribution < 1.29 is 20.0 Å². The summed E-state index contributed by atoms with van der Waals surface area (Å²) < 4.78 is 0. The highest BCUT2D eigenvalue weighted by molar-refractivity contribution is 5.67. The van der Waals surface area contributed by atoms with E-state index in [4.69, 9.17) is 9.78 Å². The number of benzene rings is 1. The van der Waals surface area contributed by atoms with Gasteiger partial charge in [-0.15, -0.1) is 0 Å². The van der Waals surface area contributed by atoms with Gasteiger partial charge in [-0.2, -0.15) is 0 Å². The number of aliphatic hydroxyl groups excluding tert-OH is 1. The van der Waals surface area contributed by atoms with E-state index in [-0.39, 0.29) is 23.2 Å². The third-order valence-electron chi connectivity index (χ3n) is 8.15. The minimum Gasteiger partial charge on any atom is -0.508 e. The number of aliphatic hydroxyl groups is 1. The standard InChI is InChI=1S/C23H32O4/c1-13-16-9-11-22(6)17-10-12-23(22,18(16)7-8-19(13)24)27-26-21(4,5)15(3)20(25)14(17)2/h7-9,11,14-15,17,20,24-25H,10,12H2,1-6H3. The summed E-state index contributed by atoms with van der Waals surface area (Å²) in [4.78, 5) is 12.5. The minimum atomic E-state index is -0.616. The van der Waals surface area contributed by atoms with Crippen LogP contribution in [0.3, 0.4) is 0 Å². The molecule has 1 aromatic rings. The molecule has 0 amide bonds. The highest BCUT2D eigenvalue weighted by Gasteiger charge is 2.64. The van der Waals surface area contributed by atoms with Crippen molar-refractivity contribution in [2.24, 2.45) is 23.2 Å². The summed E-state index contributed by atoms with van der Waals surface area (Å²) in [6.07, 6.45) is 5.69. The third-order valence-corrected chi connectivity index (χ3v) is 8.15. The van der Waals surface area contributed by atoms with Crippen molar-refractivity contribution in [3.05, 3.63) is 34.9 Å². The predicted octanol–water partition coefficient (Wildman–Crippen LogP) is 4.71. The van der Waals surface area contributed by atoms with Gasteiger partial charge in [0.05, 0.1) is 6.10 Å². The van der Waals surface area contributed by atoms with Gasteiger partial charge in [-0.1, -0.05) is 39.0 Å². The van der Waals surface area contributed by atoms with Gasteiger partial charge in [0.1, 0.15) is 17.0 Å². The lowest BCUT2D eigenvalue weighted by Crippen LogP contribution is -2.47. The summed E-state index contributed by atoms with van der Waals surface area (Å²) in [5.74, 6) is 0.653.